The van der Waals surface area contributed by atoms with Gasteiger partial charge in [0.25, 0.3) is 11.6 Å². The zero-order valence-electron chi connectivity index (χ0n) is 13.3. The highest BCUT2D eigenvalue weighted by atomic mass is 79.9. The van der Waals surface area contributed by atoms with E-state index in [1.807, 2.05) is 0 Å². The summed E-state index contributed by atoms with van der Waals surface area (Å²) in [5, 5.41) is 13.1. The number of nitrogens with one attached hydrogen (secondary N) is 1. The van der Waals surface area contributed by atoms with Crippen molar-refractivity contribution in [2.24, 2.45) is 0 Å². The molecule has 2 aromatic rings. The molecule has 0 saturated carbocycles. The summed E-state index contributed by atoms with van der Waals surface area (Å²) in [5.74, 6) is -0.679. The lowest BCUT2D eigenvalue weighted by molar-refractivity contribution is -0.384. The minimum absolute atomic E-state index is 0.165. The number of methoxy groups -OCH3 is 1. The molecule has 7 nitrogen and oxygen atoms in total. The first-order valence-electron chi connectivity index (χ1n) is 7.13. The van der Waals surface area contributed by atoms with Gasteiger partial charge in [0, 0.05) is 17.7 Å². The Morgan fingerprint density at radius 3 is 2.68 bits per heavy atom. The summed E-state index contributed by atoms with van der Waals surface area (Å²) in [6.07, 6.45) is 0. The van der Waals surface area contributed by atoms with E-state index >= 15 is 0 Å². The molecule has 9 heteroatoms. The Balaban J connectivity index is 2.34. The largest absolute Gasteiger partial charge is 0.493 e. The Labute approximate surface area is 151 Å². The first kappa shape index (κ1) is 18.7. The molecule has 0 radical (unpaired) electrons. The van der Waals surface area contributed by atoms with Crippen molar-refractivity contribution < 1.29 is 23.6 Å². The molecular weight excluding hydrogens is 399 g/mol. The van der Waals surface area contributed by atoms with Crippen LogP contribution in [0.15, 0.2) is 34.8 Å². The number of halogens is 2. The lowest BCUT2D eigenvalue weighted by Crippen LogP contribution is -2.14. The molecule has 25 heavy (non-hydrogen) atoms. The Morgan fingerprint density at radius 2 is 2.08 bits per heavy atom. The van der Waals surface area contributed by atoms with Crippen LogP contribution < -0.4 is 14.8 Å². The number of rotatable bonds is 6. The first-order valence-corrected chi connectivity index (χ1v) is 7.92. The van der Waals surface area contributed by atoms with Crippen LogP contribution in [-0.2, 0) is 0 Å². The maximum absolute atomic E-state index is 13.8. The van der Waals surface area contributed by atoms with E-state index in [1.54, 1.807) is 6.92 Å². The Kier molecular flexibility index (Phi) is 5.92. The van der Waals surface area contributed by atoms with Gasteiger partial charge in [-0.25, -0.2) is 4.39 Å². The molecule has 2 aromatic carbocycles. The van der Waals surface area contributed by atoms with E-state index in [1.165, 1.54) is 19.2 Å². The van der Waals surface area contributed by atoms with Gasteiger partial charge in [0.2, 0.25) is 0 Å². The van der Waals surface area contributed by atoms with E-state index in [2.05, 4.69) is 21.2 Å². The van der Waals surface area contributed by atoms with Gasteiger partial charge in [-0.2, -0.15) is 0 Å². The van der Waals surface area contributed by atoms with E-state index in [9.17, 15) is 19.3 Å². The molecule has 0 bridgehead atoms. The fraction of sp³-hybridized carbons (Fsp3) is 0.188. The Morgan fingerprint density at radius 1 is 1.36 bits per heavy atom. The van der Waals surface area contributed by atoms with Crippen LogP contribution in [0.2, 0.25) is 0 Å². The number of amides is 1. The van der Waals surface area contributed by atoms with Crippen LogP contribution in [-0.4, -0.2) is 24.5 Å². The fourth-order valence-electron chi connectivity index (χ4n) is 2.05. The van der Waals surface area contributed by atoms with E-state index in [0.29, 0.717) is 22.6 Å². The van der Waals surface area contributed by atoms with Crippen LogP contribution in [0.4, 0.5) is 15.8 Å². The van der Waals surface area contributed by atoms with Gasteiger partial charge in [0.05, 0.1) is 28.8 Å². The molecule has 0 spiro atoms. The third-order valence-electron chi connectivity index (χ3n) is 3.19. The van der Waals surface area contributed by atoms with Gasteiger partial charge in [-0.15, -0.1) is 0 Å². The number of nitrogens with zero attached hydrogens (tertiary/aromatic N) is 1. The summed E-state index contributed by atoms with van der Waals surface area (Å²) in [6, 6.07) is 5.80. The molecule has 132 valence electrons. The minimum Gasteiger partial charge on any atom is -0.493 e. The molecule has 2 rings (SSSR count). The van der Waals surface area contributed by atoms with Crippen LogP contribution >= 0.6 is 15.9 Å². The van der Waals surface area contributed by atoms with Crippen molar-refractivity contribution in [3.63, 3.8) is 0 Å². The van der Waals surface area contributed by atoms with Crippen molar-refractivity contribution >= 4 is 33.2 Å². The van der Waals surface area contributed by atoms with E-state index < -0.39 is 16.6 Å². The summed E-state index contributed by atoms with van der Waals surface area (Å²) in [4.78, 5) is 22.5. The van der Waals surface area contributed by atoms with Crippen molar-refractivity contribution in [2.75, 3.05) is 19.0 Å². The molecule has 1 amide bonds. The maximum Gasteiger partial charge on any atom is 0.271 e. The van der Waals surface area contributed by atoms with Gasteiger partial charge in [-0.1, -0.05) is 0 Å². The van der Waals surface area contributed by atoms with E-state index in [-0.39, 0.29) is 16.9 Å². The minimum atomic E-state index is -0.782. The van der Waals surface area contributed by atoms with Gasteiger partial charge in [0.1, 0.15) is 5.82 Å². The second kappa shape index (κ2) is 7.93. The monoisotopic (exact) mass is 412 g/mol. The summed E-state index contributed by atoms with van der Waals surface area (Å²) < 4.78 is 24.9. The topological polar surface area (TPSA) is 90.7 Å². The second-order valence-corrected chi connectivity index (χ2v) is 5.65. The Bertz CT molecular complexity index is 828. The lowest BCUT2D eigenvalue weighted by Gasteiger charge is -2.13. The van der Waals surface area contributed by atoms with Gasteiger partial charge < -0.3 is 14.8 Å². The number of anilines is 1. The smallest absolute Gasteiger partial charge is 0.271 e. The summed E-state index contributed by atoms with van der Waals surface area (Å²) in [5.41, 5.74) is -0.455. The van der Waals surface area contributed by atoms with Crippen molar-refractivity contribution in [2.45, 2.75) is 6.92 Å². The van der Waals surface area contributed by atoms with E-state index in [0.717, 1.165) is 18.2 Å². The molecule has 0 saturated heterocycles. The molecule has 0 aliphatic rings. The van der Waals surface area contributed by atoms with Crippen molar-refractivity contribution in [1.29, 1.82) is 0 Å². The summed E-state index contributed by atoms with van der Waals surface area (Å²) in [6.45, 7) is 2.21. The van der Waals surface area contributed by atoms with E-state index in [4.69, 9.17) is 9.47 Å². The van der Waals surface area contributed by atoms with Gasteiger partial charge >= 0.3 is 0 Å². The van der Waals surface area contributed by atoms with Crippen molar-refractivity contribution in [3.05, 3.63) is 56.3 Å². The summed E-state index contributed by atoms with van der Waals surface area (Å²) in [7, 11) is 1.42. The van der Waals surface area contributed by atoms with Crippen LogP contribution in [0.3, 0.4) is 0 Å². The molecule has 0 unspecified atom stereocenters. The predicted molar refractivity (Wildman–Crippen MR) is 92.9 cm³/mol. The van der Waals surface area contributed by atoms with Crippen molar-refractivity contribution in [3.8, 4) is 11.5 Å². The number of hydrogen-bond donors (Lipinski definition) is 1. The average molecular weight is 413 g/mol. The molecule has 0 aromatic heterocycles. The molecule has 0 aliphatic carbocycles. The van der Waals surface area contributed by atoms with Gasteiger partial charge in [-0.05, 0) is 41.1 Å². The summed E-state index contributed by atoms with van der Waals surface area (Å²) >= 11 is 3.29. The number of nitro groups is 1. The number of hydrogen-bond acceptors (Lipinski definition) is 5. The normalized spacial score (nSPS) is 10.2. The van der Waals surface area contributed by atoms with Gasteiger partial charge in [0.15, 0.2) is 11.5 Å². The van der Waals surface area contributed by atoms with Crippen LogP contribution in [0.1, 0.15) is 17.3 Å². The molecule has 0 heterocycles. The fourth-order valence-corrected chi connectivity index (χ4v) is 2.61. The number of carbonyl (C=O) groups excluding carboxylic acids is 1. The number of nitro benzene ring substituents is 1. The van der Waals surface area contributed by atoms with Crippen LogP contribution in [0, 0.1) is 15.9 Å². The maximum atomic E-state index is 13.8. The third kappa shape index (κ3) is 4.24. The third-order valence-corrected chi connectivity index (χ3v) is 3.78. The first-order chi connectivity index (χ1) is 11.9. The predicted octanol–water partition coefficient (Wildman–Crippen LogP) is 4.16. The zero-order valence-corrected chi connectivity index (χ0v) is 14.9. The zero-order chi connectivity index (χ0) is 18.6. The number of ether oxygens (including phenoxy) is 2. The van der Waals surface area contributed by atoms with Crippen LogP contribution in [0.5, 0.6) is 11.5 Å². The highest BCUT2D eigenvalue weighted by Crippen LogP contribution is 2.37. The molecular formula is C16H14BrFN2O5. The highest BCUT2D eigenvalue weighted by Gasteiger charge is 2.18. The lowest BCUT2D eigenvalue weighted by atomic mass is 10.1. The SMILES string of the molecule is CCOc1c(Br)cc(C(=O)Nc2cc([N+](=O)[O-])ccc2F)cc1OC. The van der Waals surface area contributed by atoms with Gasteiger partial charge in [-0.3, -0.25) is 14.9 Å². The standard InChI is InChI=1S/C16H14BrFN2O5/c1-3-25-15-11(17)6-9(7-14(15)24-2)16(21)19-13-8-10(20(22)23)4-5-12(13)18/h4-8H,3H2,1-2H3,(H,19,21). The molecule has 1 N–H and O–H groups in total. The molecule has 0 aliphatic heterocycles. The quantitative estimate of drug-likeness (QED) is 0.568. The molecule has 0 fully saturated rings. The van der Waals surface area contributed by atoms with Crippen LogP contribution in [0.25, 0.3) is 0 Å². The number of benzene rings is 2. The number of non-ortho nitro benzene ring substituents is 1. The average Bonchev–Trinajstić information content (AvgIpc) is 2.58. The Hall–Kier alpha value is -2.68. The second-order valence-electron chi connectivity index (χ2n) is 4.80. The molecule has 0 atom stereocenters. The van der Waals surface area contributed by atoms with Crippen molar-refractivity contribution in [1.82, 2.24) is 0 Å². The highest BCUT2D eigenvalue weighted by molar-refractivity contribution is 9.10. The number of carbonyl (C=O) groups is 1.